The molecule has 3 aromatic rings. The number of para-hydroxylation sites is 1. The van der Waals surface area contributed by atoms with Gasteiger partial charge < -0.3 is 25.6 Å². The molecular weight excluding hydrogens is 591 g/mol. The second kappa shape index (κ2) is 12.6. The highest BCUT2D eigenvalue weighted by molar-refractivity contribution is 5.71. The lowest BCUT2D eigenvalue weighted by molar-refractivity contribution is -0.137. The Balaban J connectivity index is 1.06. The zero-order valence-corrected chi connectivity index (χ0v) is 26.8. The van der Waals surface area contributed by atoms with E-state index < -0.39 is 11.7 Å². The van der Waals surface area contributed by atoms with Crippen molar-refractivity contribution in [3.05, 3.63) is 59.3 Å². The van der Waals surface area contributed by atoms with Gasteiger partial charge in [0, 0.05) is 62.4 Å². The Hall–Kier alpha value is -3.57. The number of hydrogen-bond donors (Lipinski definition) is 3. The third kappa shape index (κ3) is 6.11. The largest absolute Gasteiger partial charge is 0.494 e. The van der Waals surface area contributed by atoms with Gasteiger partial charge in [-0.2, -0.15) is 18.2 Å². The number of piperazine rings is 1. The first kappa shape index (κ1) is 31.1. The zero-order chi connectivity index (χ0) is 32.0. The minimum Gasteiger partial charge on any atom is -0.494 e. The number of nitrogens with one attached hydrogen (secondary N) is 3. The third-order valence-corrected chi connectivity index (χ3v) is 10.8. The van der Waals surface area contributed by atoms with E-state index in [1.165, 1.54) is 32.1 Å². The van der Waals surface area contributed by atoms with Gasteiger partial charge in [-0.05, 0) is 93.0 Å². The molecule has 0 spiro atoms. The molecule has 4 aliphatic carbocycles. The molecule has 2 aromatic carbocycles. The first-order valence-corrected chi connectivity index (χ1v) is 16.6. The normalized spacial score (nSPS) is 26.0. The summed E-state index contributed by atoms with van der Waals surface area (Å²) < 4.78 is 47.8. The molecule has 0 amide bonds. The first-order valence-electron chi connectivity index (χ1n) is 16.6. The SMILES string of the molecule is CNCc1cccc(C)c1Nc1nc(Nc2ccc(N3CCN(C4C5CC6CC(C5)CC4C6)CC3)cc2OC)ncc1C(F)(F)F. The quantitative estimate of drug-likeness (QED) is 0.233. The number of hydrogen-bond acceptors (Lipinski definition) is 8. The molecular formula is C35H44F3N7O. The van der Waals surface area contributed by atoms with Crippen molar-refractivity contribution in [1.29, 1.82) is 0 Å². The maximum Gasteiger partial charge on any atom is 0.421 e. The fraction of sp³-hybridized carbons (Fsp3) is 0.543. The molecule has 5 fully saturated rings. The Morgan fingerprint density at radius 1 is 0.935 bits per heavy atom. The van der Waals surface area contributed by atoms with E-state index in [0.717, 1.165) is 78.9 Å². The summed E-state index contributed by atoms with van der Waals surface area (Å²) in [5.41, 5.74) is 2.93. The number of alkyl halides is 3. The van der Waals surface area contributed by atoms with E-state index in [2.05, 4.69) is 35.7 Å². The molecule has 0 radical (unpaired) electrons. The van der Waals surface area contributed by atoms with Gasteiger partial charge in [-0.25, -0.2) is 4.98 Å². The number of aryl methyl sites for hydroxylation is 1. The van der Waals surface area contributed by atoms with Crippen LogP contribution in [0.3, 0.4) is 0 Å². The molecule has 1 aliphatic heterocycles. The second-order valence-corrected chi connectivity index (χ2v) is 13.7. The Morgan fingerprint density at radius 2 is 1.65 bits per heavy atom. The maximum absolute atomic E-state index is 14.0. The lowest BCUT2D eigenvalue weighted by atomic mass is 9.54. The van der Waals surface area contributed by atoms with E-state index >= 15 is 0 Å². The standard InChI is InChI=1S/C35H44F3N7O/c1-21-5-4-6-24(19-39-2)31(21)42-33-28(35(36,37)38)20-40-34(43-33)41-29-8-7-27(18-30(29)46-3)44-9-11-45(12-10-44)32-25-14-22-13-23(16-25)17-26(32)15-22/h4-8,18,20,22-23,25-26,32,39H,9-17,19H2,1-3H3,(H2,40,41,42,43). The Morgan fingerprint density at radius 3 is 2.30 bits per heavy atom. The average molecular weight is 636 g/mol. The Kier molecular flexibility index (Phi) is 8.48. The van der Waals surface area contributed by atoms with Crippen LogP contribution in [0.15, 0.2) is 42.6 Å². The number of nitrogens with zero attached hydrogens (tertiary/aromatic N) is 4. The third-order valence-electron chi connectivity index (χ3n) is 10.8. The molecule has 8 rings (SSSR count). The summed E-state index contributed by atoms with van der Waals surface area (Å²) in [6, 6.07) is 12.3. The van der Waals surface area contributed by atoms with Crippen molar-refractivity contribution in [3.63, 3.8) is 0 Å². The number of anilines is 5. The van der Waals surface area contributed by atoms with Gasteiger partial charge >= 0.3 is 6.18 Å². The molecule has 0 unspecified atom stereocenters. The van der Waals surface area contributed by atoms with E-state index in [0.29, 0.717) is 23.7 Å². The van der Waals surface area contributed by atoms with Gasteiger partial charge in [0.2, 0.25) is 5.95 Å². The zero-order valence-electron chi connectivity index (χ0n) is 26.8. The van der Waals surface area contributed by atoms with Gasteiger partial charge in [0.1, 0.15) is 17.1 Å². The summed E-state index contributed by atoms with van der Waals surface area (Å²) in [6.45, 7) is 6.41. The molecule has 4 saturated carbocycles. The van der Waals surface area contributed by atoms with Crippen LogP contribution in [0, 0.1) is 30.6 Å². The highest BCUT2D eigenvalue weighted by atomic mass is 19.4. The Labute approximate surface area is 269 Å². The summed E-state index contributed by atoms with van der Waals surface area (Å²) in [7, 11) is 3.39. The highest BCUT2D eigenvalue weighted by Gasteiger charge is 2.50. The highest BCUT2D eigenvalue weighted by Crippen LogP contribution is 2.55. The fourth-order valence-electron chi connectivity index (χ4n) is 8.98. The molecule has 46 heavy (non-hydrogen) atoms. The van der Waals surface area contributed by atoms with E-state index in [9.17, 15) is 13.2 Å². The number of rotatable bonds is 9. The van der Waals surface area contributed by atoms with Crippen molar-refractivity contribution in [2.45, 2.75) is 57.8 Å². The molecule has 1 saturated heterocycles. The van der Waals surface area contributed by atoms with Crippen LogP contribution >= 0.6 is 0 Å². The monoisotopic (exact) mass is 635 g/mol. The molecule has 5 aliphatic rings. The average Bonchev–Trinajstić information content (AvgIpc) is 3.02. The van der Waals surface area contributed by atoms with Crippen molar-refractivity contribution in [2.75, 3.05) is 55.9 Å². The molecule has 1 aromatic heterocycles. The van der Waals surface area contributed by atoms with Crippen LogP contribution in [0.2, 0.25) is 0 Å². The smallest absolute Gasteiger partial charge is 0.421 e. The molecule has 0 atom stereocenters. The second-order valence-electron chi connectivity index (χ2n) is 13.7. The van der Waals surface area contributed by atoms with Gasteiger partial charge in [-0.1, -0.05) is 18.2 Å². The molecule has 11 heteroatoms. The van der Waals surface area contributed by atoms with E-state index in [4.69, 9.17) is 4.74 Å². The van der Waals surface area contributed by atoms with Gasteiger partial charge in [-0.15, -0.1) is 0 Å². The number of methoxy groups -OCH3 is 1. The van der Waals surface area contributed by atoms with Crippen molar-refractivity contribution in [3.8, 4) is 5.75 Å². The minimum atomic E-state index is -4.63. The first-order chi connectivity index (χ1) is 22.2. The van der Waals surface area contributed by atoms with E-state index in [1.54, 1.807) is 14.2 Å². The van der Waals surface area contributed by atoms with Crippen LogP contribution in [-0.4, -0.2) is 61.2 Å². The minimum absolute atomic E-state index is 0.0367. The maximum atomic E-state index is 14.0. The summed E-state index contributed by atoms with van der Waals surface area (Å²) in [5.74, 6) is 4.06. The van der Waals surface area contributed by atoms with Gasteiger partial charge in [0.25, 0.3) is 0 Å². The summed E-state index contributed by atoms with van der Waals surface area (Å²) in [5, 5.41) is 9.13. The lowest BCUT2D eigenvalue weighted by Gasteiger charge is -2.58. The predicted octanol–water partition coefficient (Wildman–Crippen LogP) is 6.97. The molecule has 2 heterocycles. The number of halogens is 3. The van der Waals surface area contributed by atoms with Gasteiger partial charge in [0.15, 0.2) is 0 Å². The van der Waals surface area contributed by atoms with Crippen molar-refractivity contribution in [2.24, 2.45) is 23.7 Å². The molecule has 8 nitrogen and oxygen atoms in total. The van der Waals surface area contributed by atoms with Crippen LogP contribution in [0.4, 0.5) is 42.0 Å². The van der Waals surface area contributed by atoms with Crippen molar-refractivity contribution < 1.29 is 17.9 Å². The van der Waals surface area contributed by atoms with Crippen LogP contribution in [0.5, 0.6) is 5.75 Å². The fourth-order valence-corrected chi connectivity index (χ4v) is 8.98. The number of benzene rings is 2. The summed E-state index contributed by atoms with van der Waals surface area (Å²) in [4.78, 5) is 13.5. The van der Waals surface area contributed by atoms with E-state index in [1.807, 2.05) is 43.3 Å². The predicted molar refractivity (Wildman–Crippen MR) is 175 cm³/mol. The van der Waals surface area contributed by atoms with E-state index in [-0.39, 0.29) is 11.8 Å². The number of ether oxygens (including phenoxy) is 1. The van der Waals surface area contributed by atoms with Crippen molar-refractivity contribution in [1.82, 2.24) is 20.2 Å². The molecule has 4 bridgehead atoms. The van der Waals surface area contributed by atoms with Crippen LogP contribution in [0.25, 0.3) is 0 Å². The molecule has 246 valence electrons. The van der Waals surface area contributed by atoms with Crippen molar-refractivity contribution >= 4 is 28.8 Å². The Bertz CT molecular complexity index is 1530. The van der Waals surface area contributed by atoms with Gasteiger partial charge in [0.05, 0.1) is 12.8 Å². The molecule has 3 N–H and O–H groups in total. The van der Waals surface area contributed by atoms with Crippen LogP contribution < -0.4 is 25.6 Å². The van der Waals surface area contributed by atoms with Gasteiger partial charge in [-0.3, -0.25) is 4.90 Å². The van der Waals surface area contributed by atoms with Crippen LogP contribution in [0.1, 0.15) is 48.8 Å². The number of aromatic nitrogens is 2. The lowest BCUT2D eigenvalue weighted by Crippen LogP contribution is -2.60. The van der Waals surface area contributed by atoms with Crippen LogP contribution in [-0.2, 0) is 12.7 Å². The topological polar surface area (TPSA) is 77.6 Å². The summed E-state index contributed by atoms with van der Waals surface area (Å²) >= 11 is 0. The summed E-state index contributed by atoms with van der Waals surface area (Å²) in [6.07, 6.45) is 3.41.